The first kappa shape index (κ1) is 13.3. The van der Waals surface area contributed by atoms with E-state index in [4.69, 9.17) is 9.47 Å². The van der Waals surface area contributed by atoms with Gasteiger partial charge < -0.3 is 14.6 Å². The molecule has 0 amide bonds. The fraction of sp³-hybridized carbons (Fsp3) is 1.00. The highest BCUT2D eigenvalue weighted by atomic mass is 16.6. The SMILES string of the molecule is OC1(C2CCOC3(CCOC3)C2)C2CC3CC(C2)CC1C3. The summed E-state index contributed by atoms with van der Waals surface area (Å²) in [4.78, 5) is 0. The van der Waals surface area contributed by atoms with Crippen LogP contribution < -0.4 is 0 Å². The van der Waals surface area contributed by atoms with Gasteiger partial charge >= 0.3 is 0 Å². The number of hydrogen-bond donors (Lipinski definition) is 1. The maximum Gasteiger partial charge on any atom is 0.0940 e. The van der Waals surface area contributed by atoms with E-state index in [9.17, 15) is 5.11 Å². The zero-order valence-electron chi connectivity index (χ0n) is 12.9. The van der Waals surface area contributed by atoms with Crippen LogP contribution in [0.15, 0.2) is 0 Å². The lowest BCUT2D eigenvalue weighted by Gasteiger charge is -2.62. The van der Waals surface area contributed by atoms with Gasteiger partial charge in [-0.25, -0.2) is 0 Å². The van der Waals surface area contributed by atoms with Crippen molar-refractivity contribution < 1.29 is 14.6 Å². The van der Waals surface area contributed by atoms with Gasteiger partial charge in [0.05, 0.1) is 17.8 Å². The first-order chi connectivity index (χ1) is 10.2. The van der Waals surface area contributed by atoms with Crippen LogP contribution in [-0.4, -0.2) is 36.1 Å². The van der Waals surface area contributed by atoms with E-state index in [1.165, 1.54) is 32.1 Å². The third-order valence-corrected chi connectivity index (χ3v) is 7.66. The van der Waals surface area contributed by atoms with E-state index in [-0.39, 0.29) is 11.2 Å². The van der Waals surface area contributed by atoms with Gasteiger partial charge in [0, 0.05) is 19.6 Å². The van der Waals surface area contributed by atoms with Gasteiger partial charge in [0.25, 0.3) is 0 Å². The number of ether oxygens (including phenoxy) is 2. The summed E-state index contributed by atoms with van der Waals surface area (Å²) in [5, 5.41) is 11.8. The fourth-order valence-electron chi connectivity index (χ4n) is 6.89. The highest BCUT2D eigenvalue weighted by Crippen LogP contribution is 2.62. The number of hydrogen-bond acceptors (Lipinski definition) is 3. The molecule has 118 valence electrons. The molecule has 4 saturated carbocycles. The van der Waals surface area contributed by atoms with E-state index in [1.807, 2.05) is 0 Å². The normalized spacial score (nSPS) is 59.0. The summed E-state index contributed by atoms with van der Waals surface area (Å²) in [6.07, 6.45) is 9.75. The Morgan fingerprint density at radius 2 is 1.57 bits per heavy atom. The molecule has 6 aliphatic rings. The van der Waals surface area contributed by atoms with Gasteiger partial charge in [-0.15, -0.1) is 0 Å². The molecular formula is C18H28O3. The lowest BCUT2D eigenvalue weighted by Crippen LogP contribution is -2.63. The van der Waals surface area contributed by atoms with Crippen molar-refractivity contribution in [3.63, 3.8) is 0 Å². The Balaban J connectivity index is 1.43. The van der Waals surface area contributed by atoms with E-state index in [1.54, 1.807) is 0 Å². The fourth-order valence-corrected chi connectivity index (χ4v) is 6.89. The Morgan fingerprint density at radius 1 is 0.857 bits per heavy atom. The molecule has 4 aliphatic carbocycles. The Morgan fingerprint density at radius 3 is 2.19 bits per heavy atom. The Hall–Kier alpha value is -0.120. The molecular weight excluding hydrogens is 264 g/mol. The molecule has 1 spiro atoms. The molecule has 21 heavy (non-hydrogen) atoms. The molecule has 1 N–H and O–H groups in total. The molecule has 0 radical (unpaired) electrons. The van der Waals surface area contributed by atoms with Crippen molar-refractivity contribution >= 4 is 0 Å². The van der Waals surface area contributed by atoms with Crippen molar-refractivity contribution in [3.05, 3.63) is 0 Å². The quantitative estimate of drug-likeness (QED) is 0.807. The van der Waals surface area contributed by atoms with Gasteiger partial charge in [-0.05, 0) is 74.5 Å². The second-order valence-corrected chi connectivity index (χ2v) is 8.72. The molecule has 2 saturated heterocycles. The third-order valence-electron chi connectivity index (χ3n) is 7.66. The molecule has 2 unspecified atom stereocenters. The predicted octanol–water partition coefficient (Wildman–Crippen LogP) is 2.76. The lowest BCUT2D eigenvalue weighted by molar-refractivity contribution is -0.230. The molecule has 3 nitrogen and oxygen atoms in total. The smallest absolute Gasteiger partial charge is 0.0940 e. The van der Waals surface area contributed by atoms with Crippen molar-refractivity contribution in [3.8, 4) is 0 Å². The molecule has 2 atom stereocenters. The highest BCUT2D eigenvalue weighted by molar-refractivity contribution is 5.11. The Labute approximate surface area is 127 Å². The van der Waals surface area contributed by atoms with Crippen LogP contribution in [0.25, 0.3) is 0 Å². The second kappa shape index (κ2) is 4.46. The zero-order valence-corrected chi connectivity index (χ0v) is 12.9. The van der Waals surface area contributed by atoms with Crippen LogP contribution in [0.2, 0.25) is 0 Å². The van der Waals surface area contributed by atoms with E-state index >= 15 is 0 Å². The number of rotatable bonds is 1. The molecule has 2 heterocycles. The zero-order chi connectivity index (χ0) is 14.1. The van der Waals surface area contributed by atoms with Gasteiger partial charge in [0.2, 0.25) is 0 Å². The van der Waals surface area contributed by atoms with Crippen LogP contribution in [0.3, 0.4) is 0 Å². The minimum Gasteiger partial charge on any atom is -0.389 e. The maximum absolute atomic E-state index is 11.8. The van der Waals surface area contributed by atoms with Gasteiger partial charge in [-0.3, -0.25) is 0 Å². The molecule has 0 aromatic heterocycles. The summed E-state index contributed by atoms with van der Waals surface area (Å²) < 4.78 is 11.7. The lowest BCUT2D eigenvalue weighted by atomic mass is 9.46. The van der Waals surface area contributed by atoms with Gasteiger partial charge in [0.1, 0.15) is 0 Å². The molecule has 6 fully saturated rings. The summed E-state index contributed by atoms with van der Waals surface area (Å²) in [5.41, 5.74) is -0.444. The third kappa shape index (κ3) is 1.83. The Kier molecular flexibility index (Phi) is 2.83. The van der Waals surface area contributed by atoms with Crippen LogP contribution >= 0.6 is 0 Å². The van der Waals surface area contributed by atoms with E-state index in [0.29, 0.717) is 17.8 Å². The Bertz CT molecular complexity index is 398. The molecule has 6 rings (SSSR count). The van der Waals surface area contributed by atoms with Gasteiger partial charge in [-0.1, -0.05) is 0 Å². The summed E-state index contributed by atoms with van der Waals surface area (Å²) in [6.45, 7) is 2.41. The predicted molar refractivity (Wildman–Crippen MR) is 78.8 cm³/mol. The van der Waals surface area contributed by atoms with Crippen LogP contribution in [0.4, 0.5) is 0 Å². The number of aliphatic hydroxyl groups is 1. The van der Waals surface area contributed by atoms with E-state index < -0.39 is 0 Å². The van der Waals surface area contributed by atoms with Crippen LogP contribution in [-0.2, 0) is 9.47 Å². The first-order valence-corrected chi connectivity index (χ1v) is 9.12. The highest BCUT2D eigenvalue weighted by Gasteiger charge is 2.61. The topological polar surface area (TPSA) is 38.7 Å². The monoisotopic (exact) mass is 292 g/mol. The molecule has 0 aromatic carbocycles. The van der Waals surface area contributed by atoms with Crippen LogP contribution in [0.1, 0.15) is 51.4 Å². The standard InChI is InChI=1S/C18H28O3/c19-18(14-1-3-21-17(10-14)2-4-20-11-17)15-6-12-5-13(8-15)9-16(18)7-12/h12-16,19H,1-11H2. The van der Waals surface area contributed by atoms with Crippen LogP contribution in [0, 0.1) is 29.6 Å². The minimum absolute atomic E-state index is 0.0622. The summed E-state index contributed by atoms with van der Waals surface area (Å²) in [7, 11) is 0. The largest absolute Gasteiger partial charge is 0.389 e. The molecule has 3 heteroatoms. The van der Waals surface area contributed by atoms with Crippen molar-refractivity contribution in [2.45, 2.75) is 62.6 Å². The van der Waals surface area contributed by atoms with Crippen molar-refractivity contribution in [2.75, 3.05) is 19.8 Å². The van der Waals surface area contributed by atoms with Crippen molar-refractivity contribution in [1.29, 1.82) is 0 Å². The van der Waals surface area contributed by atoms with Crippen molar-refractivity contribution in [1.82, 2.24) is 0 Å². The molecule has 2 aliphatic heterocycles. The van der Waals surface area contributed by atoms with Crippen molar-refractivity contribution in [2.24, 2.45) is 29.6 Å². The summed E-state index contributed by atoms with van der Waals surface area (Å²) >= 11 is 0. The molecule has 0 aromatic rings. The average Bonchev–Trinajstić information content (AvgIpc) is 2.91. The van der Waals surface area contributed by atoms with E-state index in [0.717, 1.165) is 50.9 Å². The summed E-state index contributed by atoms with van der Waals surface area (Å²) in [6, 6.07) is 0. The molecule has 4 bridgehead atoms. The minimum atomic E-state index is -0.382. The summed E-state index contributed by atoms with van der Waals surface area (Å²) in [5.74, 6) is 3.46. The average molecular weight is 292 g/mol. The van der Waals surface area contributed by atoms with E-state index in [2.05, 4.69) is 0 Å². The van der Waals surface area contributed by atoms with Gasteiger partial charge in [-0.2, -0.15) is 0 Å². The maximum atomic E-state index is 11.8. The van der Waals surface area contributed by atoms with Crippen LogP contribution in [0.5, 0.6) is 0 Å². The van der Waals surface area contributed by atoms with Gasteiger partial charge in [0.15, 0.2) is 0 Å². The second-order valence-electron chi connectivity index (χ2n) is 8.72. The first-order valence-electron chi connectivity index (χ1n) is 9.12.